The van der Waals surface area contributed by atoms with Crippen LogP contribution in [0.4, 0.5) is 0 Å². The standard InChI is InChI=1S/C13H15NO3/c1-3-7-14(8-4-2)13(17)11-6-5-10(15)9-12(11)16/h3-6,9,15-16H,1-2,7-8H2. The highest BCUT2D eigenvalue weighted by Crippen LogP contribution is 2.23. The maximum Gasteiger partial charge on any atom is 0.258 e. The molecule has 4 heteroatoms. The molecule has 1 rings (SSSR count). The number of nitrogens with zero attached hydrogens (tertiary/aromatic N) is 1. The molecule has 0 aromatic heterocycles. The Morgan fingerprint density at radius 2 is 1.82 bits per heavy atom. The summed E-state index contributed by atoms with van der Waals surface area (Å²) in [4.78, 5) is 13.5. The third kappa shape index (κ3) is 3.11. The molecule has 0 heterocycles. The van der Waals surface area contributed by atoms with E-state index >= 15 is 0 Å². The smallest absolute Gasteiger partial charge is 0.258 e. The van der Waals surface area contributed by atoms with Crippen molar-refractivity contribution in [2.75, 3.05) is 13.1 Å². The van der Waals surface area contributed by atoms with E-state index in [9.17, 15) is 9.90 Å². The van der Waals surface area contributed by atoms with Crippen LogP contribution in [-0.2, 0) is 0 Å². The highest BCUT2D eigenvalue weighted by molar-refractivity contribution is 5.97. The van der Waals surface area contributed by atoms with Gasteiger partial charge in [-0.3, -0.25) is 4.79 Å². The zero-order valence-electron chi connectivity index (χ0n) is 9.47. The molecule has 90 valence electrons. The second kappa shape index (κ2) is 5.75. The Hall–Kier alpha value is -2.23. The van der Waals surface area contributed by atoms with Crippen LogP contribution < -0.4 is 0 Å². The van der Waals surface area contributed by atoms with Crippen LogP contribution in [0.25, 0.3) is 0 Å². The van der Waals surface area contributed by atoms with Gasteiger partial charge in [-0.1, -0.05) is 12.2 Å². The number of carbonyl (C=O) groups excluding carboxylic acids is 1. The maximum absolute atomic E-state index is 12.0. The predicted molar refractivity (Wildman–Crippen MR) is 66.1 cm³/mol. The van der Waals surface area contributed by atoms with Crippen LogP contribution >= 0.6 is 0 Å². The van der Waals surface area contributed by atoms with Crippen LogP contribution in [0.5, 0.6) is 11.5 Å². The Bertz CT molecular complexity index is 430. The molecule has 0 aliphatic carbocycles. The zero-order chi connectivity index (χ0) is 12.8. The van der Waals surface area contributed by atoms with Gasteiger partial charge in [0.1, 0.15) is 11.5 Å². The second-order valence-corrected chi connectivity index (χ2v) is 3.49. The molecule has 0 saturated heterocycles. The van der Waals surface area contributed by atoms with Crippen molar-refractivity contribution in [3.8, 4) is 11.5 Å². The predicted octanol–water partition coefficient (Wildman–Crippen LogP) is 1.91. The lowest BCUT2D eigenvalue weighted by atomic mass is 10.1. The quantitative estimate of drug-likeness (QED) is 0.764. The molecule has 17 heavy (non-hydrogen) atoms. The van der Waals surface area contributed by atoms with Gasteiger partial charge in [-0.2, -0.15) is 0 Å². The summed E-state index contributed by atoms with van der Waals surface area (Å²) in [6, 6.07) is 3.87. The number of rotatable bonds is 5. The van der Waals surface area contributed by atoms with Gasteiger partial charge in [0.15, 0.2) is 0 Å². The van der Waals surface area contributed by atoms with E-state index in [0.717, 1.165) is 6.07 Å². The largest absolute Gasteiger partial charge is 0.508 e. The van der Waals surface area contributed by atoms with E-state index < -0.39 is 0 Å². The number of amides is 1. The Morgan fingerprint density at radius 1 is 1.24 bits per heavy atom. The number of phenols is 2. The fourth-order valence-corrected chi connectivity index (χ4v) is 1.42. The summed E-state index contributed by atoms with van der Waals surface area (Å²) in [6.07, 6.45) is 3.19. The monoisotopic (exact) mass is 233 g/mol. The first kappa shape index (κ1) is 12.8. The minimum absolute atomic E-state index is 0.0851. The fourth-order valence-electron chi connectivity index (χ4n) is 1.42. The van der Waals surface area contributed by atoms with Gasteiger partial charge in [-0.25, -0.2) is 0 Å². The molecule has 1 amide bonds. The van der Waals surface area contributed by atoms with Crippen LogP contribution in [0.3, 0.4) is 0 Å². The topological polar surface area (TPSA) is 60.8 Å². The van der Waals surface area contributed by atoms with Gasteiger partial charge in [0.2, 0.25) is 0 Å². The van der Waals surface area contributed by atoms with Crippen LogP contribution in [0.2, 0.25) is 0 Å². The fraction of sp³-hybridized carbons (Fsp3) is 0.154. The van der Waals surface area contributed by atoms with Gasteiger partial charge in [0.05, 0.1) is 5.56 Å². The Labute approximate surface area is 100 Å². The highest BCUT2D eigenvalue weighted by Gasteiger charge is 2.17. The van der Waals surface area contributed by atoms with Crippen molar-refractivity contribution >= 4 is 5.91 Å². The van der Waals surface area contributed by atoms with Crippen molar-refractivity contribution in [3.05, 3.63) is 49.1 Å². The van der Waals surface area contributed by atoms with Gasteiger partial charge >= 0.3 is 0 Å². The SMILES string of the molecule is C=CCN(CC=C)C(=O)c1ccc(O)cc1O. The van der Waals surface area contributed by atoms with E-state index in [-0.39, 0.29) is 23.0 Å². The van der Waals surface area contributed by atoms with Gasteiger partial charge < -0.3 is 15.1 Å². The van der Waals surface area contributed by atoms with E-state index in [1.165, 1.54) is 17.0 Å². The first-order valence-electron chi connectivity index (χ1n) is 5.13. The maximum atomic E-state index is 12.0. The van der Waals surface area contributed by atoms with Gasteiger partial charge in [-0.15, -0.1) is 13.2 Å². The average Bonchev–Trinajstić information content (AvgIpc) is 2.28. The van der Waals surface area contributed by atoms with Crippen molar-refractivity contribution in [3.63, 3.8) is 0 Å². The molecule has 0 unspecified atom stereocenters. The molecule has 0 spiro atoms. The van der Waals surface area contributed by atoms with Crippen molar-refractivity contribution in [2.24, 2.45) is 0 Å². The number of benzene rings is 1. The lowest BCUT2D eigenvalue weighted by Crippen LogP contribution is -2.31. The molecule has 0 fully saturated rings. The summed E-state index contributed by atoms with van der Waals surface area (Å²) in [6.45, 7) is 7.86. The molecule has 0 atom stereocenters. The van der Waals surface area contributed by atoms with Gasteiger partial charge in [0, 0.05) is 19.2 Å². The summed E-state index contributed by atoms with van der Waals surface area (Å²) < 4.78 is 0. The number of hydrogen-bond donors (Lipinski definition) is 2. The summed E-state index contributed by atoms with van der Waals surface area (Å²) in [5.74, 6) is -0.659. The number of phenolic OH excluding ortho intramolecular Hbond substituents is 2. The second-order valence-electron chi connectivity index (χ2n) is 3.49. The van der Waals surface area contributed by atoms with E-state index in [2.05, 4.69) is 13.2 Å². The summed E-state index contributed by atoms with van der Waals surface area (Å²) in [7, 11) is 0. The highest BCUT2D eigenvalue weighted by atomic mass is 16.3. The summed E-state index contributed by atoms with van der Waals surface area (Å²) >= 11 is 0. The van der Waals surface area contributed by atoms with Crippen molar-refractivity contribution in [1.82, 2.24) is 4.90 Å². The zero-order valence-corrected chi connectivity index (χ0v) is 9.47. The van der Waals surface area contributed by atoms with Gasteiger partial charge in [0.25, 0.3) is 5.91 Å². The van der Waals surface area contributed by atoms with E-state index in [1.54, 1.807) is 12.2 Å². The minimum Gasteiger partial charge on any atom is -0.508 e. The van der Waals surface area contributed by atoms with Crippen LogP contribution in [0.1, 0.15) is 10.4 Å². The van der Waals surface area contributed by atoms with E-state index in [0.29, 0.717) is 13.1 Å². The molecular weight excluding hydrogens is 218 g/mol. The Balaban J connectivity index is 2.99. The normalized spacial score (nSPS) is 9.65. The van der Waals surface area contributed by atoms with Crippen LogP contribution in [0, 0.1) is 0 Å². The lowest BCUT2D eigenvalue weighted by molar-refractivity contribution is 0.0788. The molecule has 1 aromatic carbocycles. The molecule has 0 aliphatic rings. The first-order valence-corrected chi connectivity index (χ1v) is 5.13. The molecule has 0 radical (unpaired) electrons. The first-order chi connectivity index (χ1) is 8.10. The minimum atomic E-state index is -0.331. The molecule has 1 aromatic rings. The van der Waals surface area contributed by atoms with Crippen molar-refractivity contribution in [2.45, 2.75) is 0 Å². The third-order valence-electron chi connectivity index (χ3n) is 2.20. The number of hydrogen-bond acceptors (Lipinski definition) is 3. The number of carbonyl (C=O) groups is 1. The average molecular weight is 233 g/mol. The molecule has 0 saturated carbocycles. The van der Waals surface area contributed by atoms with Crippen LogP contribution in [-0.4, -0.2) is 34.1 Å². The molecule has 4 nitrogen and oxygen atoms in total. The third-order valence-corrected chi connectivity index (χ3v) is 2.20. The molecule has 0 bridgehead atoms. The van der Waals surface area contributed by atoms with Gasteiger partial charge in [-0.05, 0) is 12.1 Å². The lowest BCUT2D eigenvalue weighted by Gasteiger charge is -2.19. The number of aromatic hydroxyl groups is 2. The summed E-state index contributed by atoms with van der Waals surface area (Å²) in [5, 5.41) is 18.7. The van der Waals surface area contributed by atoms with Crippen molar-refractivity contribution in [1.29, 1.82) is 0 Å². The van der Waals surface area contributed by atoms with E-state index in [1.807, 2.05) is 0 Å². The van der Waals surface area contributed by atoms with Crippen LogP contribution in [0.15, 0.2) is 43.5 Å². The molecule has 2 N–H and O–H groups in total. The van der Waals surface area contributed by atoms with Crippen molar-refractivity contribution < 1.29 is 15.0 Å². The molecule has 0 aliphatic heterocycles. The van der Waals surface area contributed by atoms with E-state index in [4.69, 9.17) is 5.11 Å². The Kier molecular flexibility index (Phi) is 4.34. The molecular formula is C13H15NO3. The summed E-state index contributed by atoms with van der Waals surface area (Å²) in [5.41, 5.74) is 0.145. The Morgan fingerprint density at radius 3 is 2.29 bits per heavy atom.